The van der Waals surface area contributed by atoms with Crippen molar-refractivity contribution >= 4 is 16.7 Å². The van der Waals surface area contributed by atoms with Gasteiger partial charge in [0, 0.05) is 29.7 Å². The van der Waals surface area contributed by atoms with Gasteiger partial charge in [-0.1, -0.05) is 6.07 Å². The van der Waals surface area contributed by atoms with E-state index in [2.05, 4.69) is 9.88 Å². The Bertz CT molecular complexity index is 685. The van der Waals surface area contributed by atoms with Crippen molar-refractivity contribution in [3.63, 3.8) is 0 Å². The number of nitrogens with zero attached hydrogens (tertiary/aromatic N) is 2. The molecule has 1 aromatic carbocycles. The summed E-state index contributed by atoms with van der Waals surface area (Å²) in [6, 6.07) is 10.1. The molecule has 0 radical (unpaired) electrons. The number of ketones is 1. The van der Waals surface area contributed by atoms with E-state index in [1.807, 2.05) is 30.3 Å². The number of hydrogen-bond acceptors (Lipinski definition) is 4. The highest BCUT2D eigenvalue weighted by Gasteiger charge is 2.35. The number of pyridine rings is 1. The standard InChI is InChI=1S/C17H18N2O2/c20-17(16-10-19-8-2-4-14(19)11-21-16)13-5-6-15-12(9-13)3-1-7-18-15/h1,3,5-7,9,14,16H,2,4,8,10-11H2. The van der Waals surface area contributed by atoms with Gasteiger partial charge >= 0.3 is 0 Å². The van der Waals surface area contributed by atoms with Crippen LogP contribution in [-0.2, 0) is 4.74 Å². The van der Waals surface area contributed by atoms with Crippen LogP contribution < -0.4 is 0 Å². The Kier molecular flexibility index (Phi) is 3.20. The Morgan fingerprint density at radius 1 is 1.33 bits per heavy atom. The van der Waals surface area contributed by atoms with Crippen molar-refractivity contribution in [3.05, 3.63) is 42.1 Å². The number of morpholine rings is 1. The Labute approximate surface area is 123 Å². The number of carbonyl (C=O) groups excluding carboxylic acids is 1. The van der Waals surface area contributed by atoms with Crippen LogP contribution in [0.15, 0.2) is 36.5 Å². The highest BCUT2D eigenvalue weighted by atomic mass is 16.5. The summed E-state index contributed by atoms with van der Waals surface area (Å²) in [5.74, 6) is 0.0890. The van der Waals surface area contributed by atoms with Gasteiger partial charge in [-0.3, -0.25) is 14.7 Å². The quantitative estimate of drug-likeness (QED) is 0.793. The van der Waals surface area contributed by atoms with Crippen molar-refractivity contribution in [1.29, 1.82) is 0 Å². The van der Waals surface area contributed by atoms with Crippen LogP contribution in [0.1, 0.15) is 23.2 Å². The van der Waals surface area contributed by atoms with Crippen LogP contribution in [0.25, 0.3) is 10.9 Å². The average Bonchev–Trinajstić information content (AvgIpc) is 3.01. The third kappa shape index (κ3) is 2.34. The van der Waals surface area contributed by atoms with Crippen molar-refractivity contribution in [2.45, 2.75) is 25.0 Å². The summed E-state index contributed by atoms with van der Waals surface area (Å²) in [4.78, 5) is 19.3. The largest absolute Gasteiger partial charge is 0.367 e. The number of aromatic nitrogens is 1. The minimum atomic E-state index is -0.325. The van der Waals surface area contributed by atoms with E-state index in [1.54, 1.807) is 6.20 Å². The lowest BCUT2D eigenvalue weighted by atomic mass is 10.0. The molecule has 0 N–H and O–H groups in total. The Balaban J connectivity index is 1.58. The SMILES string of the molecule is O=C(c1ccc2ncccc2c1)C1CN2CCCC2CO1. The smallest absolute Gasteiger partial charge is 0.192 e. The van der Waals surface area contributed by atoms with Gasteiger partial charge in [-0.25, -0.2) is 0 Å². The monoisotopic (exact) mass is 282 g/mol. The number of Topliss-reactive ketones (excluding diaryl/α,β-unsaturated/α-hetero) is 1. The van der Waals surface area contributed by atoms with Crippen LogP contribution in [0, 0.1) is 0 Å². The Morgan fingerprint density at radius 3 is 3.24 bits per heavy atom. The van der Waals surface area contributed by atoms with Crippen molar-refractivity contribution in [2.75, 3.05) is 19.7 Å². The second kappa shape index (κ2) is 5.20. The summed E-state index contributed by atoms with van der Waals surface area (Å²) >= 11 is 0. The van der Waals surface area contributed by atoms with E-state index in [-0.39, 0.29) is 11.9 Å². The van der Waals surface area contributed by atoms with Gasteiger partial charge < -0.3 is 4.74 Å². The number of rotatable bonds is 2. The van der Waals surface area contributed by atoms with Gasteiger partial charge in [-0.2, -0.15) is 0 Å². The molecule has 21 heavy (non-hydrogen) atoms. The molecule has 4 heteroatoms. The minimum Gasteiger partial charge on any atom is -0.367 e. The fraction of sp³-hybridized carbons (Fsp3) is 0.412. The first-order chi connectivity index (χ1) is 10.3. The average molecular weight is 282 g/mol. The topological polar surface area (TPSA) is 42.4 Å². The number of ether oxygens (including phenoxy) is 1. The molecule has 2 aromatic rings. The van der Waals surface area contributed by atoms with E-state index in [0.717, 1.165) is 29.6 Å². The summed E-state index contributed by atoms with van der Waals surface area (Å²) in [5.41, 5.74) is 1.64. The lowest BCUT2D eigenvalue weighted by Gasteiger charge is -2.34. The van der Waals surface area contributed by atoms with E-state index in [9.17, 15) is 4.79 Å². The van der Waals surface area contributed by atoms with Crippen LogP contribution in [0.2, 0.25) is 0 Å². The summed E-state index contributed by atoms with van der Waals surface area (Å²) in [7, 11) is 0. The summed E-state index contributed by atoms with van der Waals surface area (Å²) < 4.78 is 5.81. The van der Waals surface area contributed by atoms with Gasteiger partial charge in [0.25, 0.3) is 0 Å². The van der Waals surface area contributed by atoms with Gasteiger partial charge in [0.15, 0.2) is 5.78 Å². The van der Waals surface area contributed by atoms with Crippen molar-refractivity contribution in [2.24, 2.45) is 0 Å². The molecular formula is C17H18N2O2. The molecule has 2 unspecified atom stereocenters. The normalized spacial score (nSPS) is 25.9. The molecule has 2 fully saturated rings. The lowest BCUT2D eigenvalue weighted by molar-refractivity contribution is -0.0344. The highest BCUT2D eigenvalue weighted by molar-refractivity contribution is 6.02. The summed E-state index contributed by atoms with van der Waals surface area (Å²) in [6.07, 6.45) is 3.86. The van der Waals surface area contributed by atoms with Crippen LogP contribution in [0.3, 0.4) is 0 Å². The van der Waals surface area contributed by atoms with Crippen molar-refractivity contribution in [3.8, 4) is 0 Å². The number of carbonyl (C=O) groups is 1. The number of fused-ring (bicyclic) bond motifs is 2. The summed E-state index contributed by atoms with van der Waals surface area (Å²) in [5, 5.41) is 0.998. The second-order valence-electron chi connectivity index (χ2n) is 5.89. The molecule has 2 aliphatic rings. The van der Waals surface area contributed by atoms with Crippen LogP contribution >= 0.6 is 0 Å². The Hall–Kier alpha value is -1.78. The second-order valence-corrected chi connectivity index (χ2v) is 5.89. The fourth-order valence-electron chi connectivity index (χ4n) is 3.39. The van der Waals surface area contributed by atoms with E-state index in [4.69, 9.17) is 4.74 Å². The van der Waals surface area contributed by atoms with Crippen LogP contribution in [0.4, 0.5) is 0 Å². The van der Waals surface area contributed by atoms with Gasteiger partial charge in [0.1, 0.15) is 6.10 Å². The molecule has 0 amide bonds. The molecule has 2 atom stereocenters. The third-order valence-electron chi connectivity index (χ3n) is 4.57. The maximum atomic E-state index is 12.7. The van der Waals surface area contributed by atoms with Gasteiger partial charge in [-0.05, 0) is 43.7 Å². The lowest BCUT2D eigenvalue weighted by Crippen LogP contribution is -2.49. The molecule has 2 aliphatic heterocycles. The van der Waals surface area contributed by atoms with E-state index in [1.165, 1.54) is 12.8 Å². The first kappa shape index (κ1) is 12.9. The van der Waals surface area contributed by atoms with E-state index < -0.39 is 0 Å². The first-order valence-corrected chi connectivity index (χ1v) is 7.56. The molecule has 4 rings (SSSR count). The molecule has 3 heterocycles. The van der Waals surface area contributed by atoms with Gasteiger partial charge in [0.2, 0.25) is 0 Å². The number of benzene rings is 1. The van der Waals surface area contributed by atoms with Crippen LogP contribution in [-0.4, -0.2) is 47.5 Å². The third-order valence-corrected chi connectivity index (χ3v) is 4.57. The Morgan fingerprint density at radius 2 is 2.29 bits per heavy atom. The molecule has 1 aromatic heterocycles. The number of hydrogen-bond donors (Lipinski definition) is 0. The van der Waals surface area contributed by atoms with Crippen molar-refractivity contribution < 1.29 is 9.53 Å². The maximum absolute atomic E-state index is 12.7. The molecule has 108 valence electrons. The summed E-state index contributed by atoms with van der Waals surface area (Å²) in [6.45, 7) is 2.51. The zero-order valence-corrected chi connectivity index (χ0v) is 11.9. The predicted octanol–water partition coefficient (Wildman–Crippen LogP) is 2.28. The highest BCUT2D eigenvalue weighted by Crippen LogP contribution is 2.24. The van der Waals surface area contributed by atoms with Crippen molar-refractivity contribution in [1.82, 2.24) is 9.88 Å². The molecule has 2 saturated heterocycles. The first-order valence-electron chi connectivity index (χ1n) is 7.56. The minimum absolute atomic E-state index is 0.0890. The van der Waals surface area contributed by atoms with E-state index in [0.29, 0.717) is 12.6 Å². The van der Waals surface area contributed by atoms with Gasteiger partial charge in [-0.15, -0.1) is 0 Å². The zero-order valence-electron chi connectivity index (χ0n) is 11.9. The predicted molar refractivity (Wildman–Crippen MR) is 80.4 cm³/mol. The molecular weight excluding hydrogens is 264 g/mol. The zero-order chi connectivity index (χ0) is 14.2. The molecule has 0 aliphatic carbocycles. The maximum Gasteiger partial charge on any atom is 0.192 e. The molecule has 0 saturated carbocycles. The molecule has 4 nitrogen and oxygen atoms in total. The van der Waals surface area contributed by atoms with Gasteiger partial charge in [0.05, 0.1) is 12.1 Å². The fourth-order valence-corrected chi connectivity index (χ4v) is 3.39. The van der Waals surface area contributed by atoms with Crippen LogP contribution in [0.5, 0.6) is 0 Å². The molecule has 0 bridgehead atoms. The van der Waals surface area contributed by atoms with E-state index >= 15 is 0 Å². The molecule has 0 spiro atoms.